The van der Waals surface area contributed by atoms with Crippen LogP contribution in [0.1, 0.15) is 58.9 Å². The Morgan fingerprint density at radius 2 is 1.65 bits per heavy atom. The van der Waals surface area contributed by atoms with Gasteiger partial charge in [0, 0.05) is 12.6 Å². The largest absolute Gasteiger partial charge is 0.368 e. The normalized spacial score (nSPS) is 19.3. The summed E-state index contributed by atoms with van der Waals surface area (Å²) >= 11 is 0. The van der Waals surface area contributed by atoms with Gasteiger partial charge >= 0.3 is 0 Å². The van der Waals surface area contributed by atoms with E-state index in [1.54, 1.807) is 6.08 Å². The number of primary amides is 1. The monoisotopic (exact) mass is 470 g/mol. The second kappa shape index (κ2) is 12.9. The van der Waals surface area contributed by atoms with Crippen molar-refractivity contribution in [3.05, 3.63) is 42.0 Å². The van der Waals surface area contributed by atoms with E-state index in [1.807, 2.05) is 58.0 Å². The van der Waals surface area contributed by atoms with E-state index >= 15 is 0 Å². The maximum Gasteiger partial charge on any atom is 0.246 e. The molecule has 1 heterocycles. The van der Waals surface area contributed by atoms with Crippen LogP contribution in [0.25, 0.3) is 6.08 Å². The maximum absolute atomic E-state index is 13.3. The zero-order chi connectivity index (χ0) is 25.3. The molecule has 8 nitrogen and oxygen atoms in total. The zero-order valence-corrected chi connectivity index (χ0v) is 20.6. The molecule has 0 bridgehead atoms. The first-order chi connectivity index (χ1) is 16.2. The van der Waals surface area contributed by atoms with Crippen LogP contribution in [0.2, 0.25) is 0 Å². The van der Waals surface area contributed by atoms with Crippen molar-refractivity contribution >= 4 is 29.7 Å². The number of nitrogens with one attached hydrogen (secondary N) is 2. The van der Waals surface area contributed by atoms with E-state index in [0.29, 0.717) is 32.2 Å². The molecule has 186 valence electrons. The van der Waals surface area contributed by atoms with Gasteiger partial charge in [0.1, 0.15) is 18.1 Å². The van der Waals surface area contributed by atoms with Gasteiger partial charge < -0.3 is 21.3 Å². The molecule has 0 spiro atoms. The molecule has 0 aromatic heterocycles. The summed E-state index contributed by atoms with van der Waals surface area (Å²) in [4.78, 5) is 52.5. The molecule has 0 radical (unpaired) electrons. The molecule has 8 heteroatoms. The molecular formula is C26H38N4O4. The molecule has 4 N–H and O–H groups in total. The summed E-state index contributed by atoms with van der Waals surface area (Å²) in [6.07, 6.45) is 5.63. The number of carbonyl (C=O) groups is 4. The highest BCUT2D eigenvalue weighted by atomic mass is 16.2. The van der Waals surface area contributed by atoms with Gasteiger partial charge in [-0.05, 0) is 36.3 Å². The van der Waals surface area contributed by atoms with Gasteiger partial charge in [-0.2, -0.15) is 0 Å². The third-order valence-electron chi connectivity index (χ3n) is 6.66. The molecular weight excluding hydrogens is 432 g/mol. The van der Waals surface area contributed by atoms with Crippen molar-refractivity contribution < 1.29 is 19.2 Å². The second-order valence-electron chi connectivity index (χ2n) is 9.08. The van der Waals surface area contributed by atoms with Crippen molar-refractivity contribution in [3.63, 3.8) is 0 Å². The molecule has 2 rings (SSSR count). The van der Waals surface area contributed by atoms with Crippen molar-refractivity contribution in [1.29, 1.82) is 0 Å². The summed E-state index contributed by atoms with van der Waals surface area (Å²) in [6.45, 7) is 8.09. The molecule has 1 saturated heterocycles. The average molecular weight is 471 g/mol. The molecule has 0 unspecified atom stereocenters. The van der Waals surface area contributed by atoms with Crippen molar-refractivity contribution in [2.24, 2.45) is 17.6 Å². The van der Waals surface area contributed by atoms with Crippen LogP contribution in [0.3, 0.4) is 0 Å². The van der Waals surface area contributed by atoms with Crippen LogP contribution in [0.5, 0.6) is 0 Å². The lowest BCUT2D eigenvalue weighted by atomic mass is 9.94. The number of carbonyl (C=O) groups excluding carboxylic acids is 4. The van der Waals surface area contributed by atoms with E-state index < -0.39 is 29.9 Å². The molecule has 0 saturated carbocycles. The molecule has 34 heavy (non-hydrogen) atoms. The number of nitrogens with two attached hydrogens (primary N) is 1. The third-order valence-corrected chi connectivity index (χ3v) is 6.66. The first kappa shape index (κ1) is 27.1. The van der Waals surface area contributed by atoms with E-state index in [4.69, 9.17) is 5.73 Å². The van der Waals surface area contributed by atoms with E-state index in [9.17, 15) is 19.2 Å². The number of likely N-dealkylation sites (tertiary alicyclic amines) is 1. The molecule has 1 fully saturated rings. The lowest BCUT2D eigenvalue weighted by Crippen LogP contribution is -2.59. The van der Waals surface area contributed by atoms with Crippen molar-refractivity contribution in [1.82, 2.24) is 15.5 Å². The van der Waals surface area contributed by atoms with E-state index in [0.717, 1.165) is 5.56 Å². The van der Waals surface area contributed by atoms with E-state index in [2.05, 4.69) is 10.6 Å². The topological polar surface area (TPSA) is 122 Å². The number of benzene rings is 1. The van der Waals surface area contributed by atoms with Gasteiger partial charge in [0.15, 0.2) is 0 Å². The van der Waals surface area contributed by atoms with Gasteiger partial charge in [-0.3, -0.25) is 19.2 Å². The minimum absolute atomic E-state index is 0.146. The fourth-order valence-electron chi connectivity index (χ4n) is 4.07. The molecule has 1 aromatic rings. The Morgan fingerprint density at radius 3 is 2.24 bits per heavy atom. The van der Waals surface area contributed by atoms with E-state index in [-0.39, 0.29) is 23.7 Å². The zero-order valence-electron chi connectivity index (χ0n) is 20.6. The first-order valence-corrected chi connectivity index (χ1v) is 12.1. The fraction of sp³-hybridized carbons (Fsp3) is 0.538. The van der Waals surface area contributed by atoms with Crippen LogP contribution in [0.4, 0.5) is 0 Å². The smallest absolute Gasteiger partial charge is 0.246 e. The molecule has 1 aliphatic heterocycles. The standard InChI is InChI=1S/C26H38N4O4/c1-5-17(3)22(28-21(31)15-14-19-11-8-7-9-12-19)25(33)29-23(18(4)6-2)26(34)30-16-10-13-20(30)24(27)32/h7-9,11-12,14-15,17-18,20,22-23H,5-6,10,13,16H2,1-4H3,(H2,27,32)(H,28,31)(H,29,33)/t17-,18-,20-,22-,23-/m0/s1. The van der Waals surface area contributed by atoms with Crippen LogP contribution in [0, 0.1) is 11.8 Å². The lowest BCUT2D eigenvalue weighted by molar-refractivity contribution is -0.142. The summed E-state index contributed by atoms with van der Waals surface area (Å²) in [5.41, 5.74) is 6.37. The Bertz CT molecular complexity index is 886. The van der Waals surface area contributed by atoms with Crippen LogP contribution in [0.15, 0.2) is 36.4 Å². The van der Waals surface area contributed by atoms with Gasteiger partial charge in [-0.25, -0.2) is 0 Å². The third kappa shape index (κ3) is 7.17. The summed E-state index contributed by atoms with van der Waals surface area (Å²) in [7, 11) is 0. The second-order valence-corrected chi connectivity index (χ2v) is 9.08. The van der Waals surface area contributed by atoms with Crippen LogP contribution in [-0.4, -0.2) is 53.2 Å². The molecule has 5 atom stereocenters. The fourth-order valence-corrected chi connectivity index (χ4v) is 4.07. The molecule has 4 amide bonds. The number of rotatable bonds is 11. The summed E-state index contributed by atoms with van der Waals surface area (Å²) in [5, 5.41) is 5.68. The van der Waals surface area contributed by atoms with Crippen LogP contribution in [-0.2, 0) is 19.2 Å². The predicted octanol–water partition coefficient (Wildman–Crippen LogP) is 2.24. The van der Waals surface area contributed by atoms with E-state index in [1.165, 1.54) is 11.0 Å². The van der Waals surface area contributed by atoms with Gasteiger partial charge in [0.2, 0.25) is 23.6 Å². The Balaban J connectivity index is 2.16. The number of nitrogens with zero attached hydrogens (tertiary/aromatic N) is 1. The summed E-state index contributed by atoms with van der Waals surface area (Å²) < 4.78 is 0. The number of hydrogen-bond donors (Lipinski definition) is 3. The van der Waals surface area contributed by atoms with Crippen molar-refractivity contribution in [2.75, 3.05) is 6.54 Å². The molecule has 1 aliphatic rings. The quantitative estimate of drug-likeness (QED) is 0.429. The summed E-state index contributed by atoms with van der Waals surface area (Å²) in [5.74, 6) is -1.94. The molecule has 1 aromatic carbocycles. The van der Waals surface area contributed by atoms with Crippen molar-refractivity contribution in [3.8, 4) is 0 Å². The van der Waals surface area contributed by atoms with Crippen molar-refractivity contribution in [2.45, 2.75) is 71.5 Å². The highest BCUT2D eigenvalue weighted by Crippen LogP contribution is 2.21. The lowest BCUT2D eigenvalue weighted by Gasteiger charge is -2.32. The minimum atomic E-state index is -0.805. The maximum atomic E-state index is 13.3. The van der Waals surface area contributed by atoms with Crippen LogP contribution < -0.4 is 16.4 Å². The Morgan fingerprint density at radius 1 is 1.03 bits per heavy atom. The highest BCUT2D eigenvalue weighted by molar-refractivity contribution is 5.97. The SMILES string of the molecule is CC[C@H](C)[C@H](NC(=O)C=Cc1ccccc1)C(=O)N[C@H](C(=O)N1CCC[C@H]1C(N)=O)[C@@H](C)CC. The van der Waals surface area contributed by atoms with Gasteiger partial charge in [-0.1, -0.05) is 70.9 Å². The van der Waals surface area contributed by atoms with Gasteiger partial charge in [0.05, 0.1) is 0 Å². The Labute approximate surface area is 202 Å². The average Bonchev–Trinajstić information content (AvgIpc) is 3.34. The highest BCUT2D eigenvalue weighted by Gasteiger charge is 2.39. The minimum Gasteiger partial charge on any atom is -0.368 e. The van der Waals surface area contributed by atoms with Crippen LogP contribution >= 0.6 is 0 Å². The summed E-state index contributed by atoms with van der Waals surface area (Å²) in [6, 6.07) is 7.15. The van der Waals surface area contributed by atoms with Gasteiger partial charge in [-0.15, -0.1) is 0 Å². The van der Waals surface area contributed by atoms with Gasteiger partial charge in [0.25, 0.3) is 0 Å². The predicted molar refractivity (Wildman–Crippen MR) is 132 cm³/mol. The Hall–Kier alpha value is -3.16. The molecule has 0 aliphatic carbocycles. The number of hydrogen-bond acceptors (Lipinski definition) is 4. The Kier molecular flexibility index (Phi) is 10.3. The first-order valence-electron chi connectivity index (χ1n) is 12.1. The number of amides is 4.